The predicted molar refractivity (Wildman–Crippen MR) is 78.3 cm³/mol. The highest BCUT2D eigenvalue weighted by atomic mass is 35.5. The Morgan fingerprint density at radius 2 is 1.70 bits per heavy atom. The molecule has 4 heteroatoms. The smallest absolute Gasteiger partial charge is 0.231 e. The van der Waals surface area contributed by atoms with Gasteiger partial charge in [0.05, 0.1) is 5.69 Å². The van der Waals surface area contributed by atoms with Crippen LogP contribution in [0.3, 0.4) is 0 Å². The van der Waals surface area contributed by atoms with Crippen LogP contribution in [0.5, 0.6) is 11.5 Å². The highest BCUT2D eigenvalue weighted by Crippen LogP contribution is 2.38. The van der Waals surface area contributed by atoms with Crippen LogP contribution >= 0.6 is 11.6 Å². The van der Waals surface area contributed by atoms with Crippen molar-refractivity contribution in [2.24, 2.45) is 0 Å². The molecule has 0 atom stereocenters. The third kappa shape index (κ3) is 1.79. The van der Waals surface area contributed by atoms with Crippen molar-refractivity contribution >= 4 is 22.4 Å². The van der Waals surface area contributed by atoms with Gasteiger partial charge in [0, 0.05) is 22.2 Å². The van der Waals surface area contributed by atoms with E-state index >= 15 is 0 Å². The van der Waals surface area contributed by atoms with E-state index in [2.05, 4.69) is 4.98 Å². The zero-order valence-electron chi connectivity index (χ0n) is 10.5. The summed E-state index contributed by atoms with van der Waals surface area (Å²) in [5, 5.41) is 2.83. The van der Waals surface area contributed by atoms with Crippen molar-refractivity contribution < 1.29 is 9.47 Å². The van der Waals surface area contributed by atoms with Crippen molar-refractivity contribution in [3.05, 3.63) is 53.7 Å². The summed E-state index contributed by atoms with van der Waals surface area (Å²) in [6, 6.07) is 13.6. The third-order valence-corrected chi connectivity index (χ3v) is 3.63. The molecule has 20 heavy (non-hydrogen) atoms. The summed E-state index contributed by atoms with van der Waals surface area (Å²) in [5.41, 5.74) is 1.94. The molecular weight excluding hydrogens is 274 g/mol. The molecule has 1 aromatic heterocycles. The van der Waals surface area contributed by atoms with Gasteiger partial charge >= 0.3 is 0 Å². The van der Waals surface area contributed by atoms with Crippen molar-refractivity contribution in [3.8, 4) is 22.8 Å². The van der Waals surface area contributed by atoms with E-state index in [1.807, 2.05) is 42.5 Å². The summed E-state index contributed by atoms with van der Waals surface area (Å²) in [7, 11) is 0. The number of pyridine rings is 1. The zero-order valence-corrected chi connectivity index (χ0v) is 11.2. The molecule has 98 valence electrons. The number of hydrogen-bond acceptors (Lipinski definition) is 3. The molecule has 2 aromatic carbocycles. The number of rotatable bonds is 1. The second-order valence-corrected chi connectivity index (χ2v) is 5.03. The average Bonchev–Trinajstić information content (AvgIpc) is 2.92. The van der Waals surface area contributed by atoms with Gasteiger partial charge in [-0.15, -0.1) is 0 Å². The Labute approximate surface area is 120 Å². The minimum absolute atomic E-state index is 0.273. The van der Waals surface area contributed by atoms with E-state index in [-0.39, 0.29) is 6.79 Å². The molecule has 0 amide bonds. The number of halogens is 1. The summed E-state index contributed by atoms with van der Waals surface area (Å²) in [6.45, 7) is 0.273. The number of nitrogens with zero attached hydrogens (tertiary/aromatic N) is 1. The molecule has 0 saturated heterocycles. The molecule has 0 unspecified atom stereocenters. The Bertz CT molecular complexity index is 799. The summed E-state index contributed by atoms with van der Waals surface area (Å²) in [6.07, 6.45) is 1.80. The molecule has 0 bridgehead atoms. The highest BCUT2D eigenvalue weighted by Gasteiger charge is 2.16. The van der Waals surface area contributed by atoms with Gasteiger partial charge in [0.15, 0.2) is 11.5 Å². The fraction of sp³-hybridized carbons (Fsp3) is 0.0625. The Hall–Kier alpha value is -2.26. The van der Waals surface area contributed by atoms with Crippen LogP contribution < -0.4 is 9.47 Å². The van der Waals surface area contributed by atoms with Gasteiger partial charge in [0.1, 0.15) is 0 Å². The number of ether oxygens (including phenoxy) is 2. The molecule has 0 fully saturated rings. The lowest BCUT2D eigenvalue weighted by Crippen LogP contribution is -1.92. The second kappa shape index (κ2) is 4.39. The maximum atomic E-state index is 5.94. The van der Waals surface area contributed by atoms with Crippen LogP contribution in [-0.2, 0) is 0 Å². The van der Waals surface area contributed by atoms with E-state index in [0.29, 0.717) is 5.02 Å². The molecule has 0 radical (unpaired) electrons. The first-order valence-corrected chi connectivity index (χ1v) is 6.63. The van der Waals surface area contributed by atoms with E-state index in [4.69, 9.17) is 21.1 Å². The van der Waals surface area contributed by atoms with Crippen molar-refractivity contribution in [2.75, 3.05) is 6.79 Å². The monoisotopic (exact) mass is 283 g/mol. The maximum Gasteiger partial charge on any atom is 0.231 e. The fourth-order valence-electron chi connectivity index (χ4n) is 2.40. The number of aromatic nitrogens is 1. The lowest BCUT2D eigenvalue weighted by atomic mass is 10.0. The molecular formula is C16H10ClNO2. The summed E-state index contributed by atoms with van der Waals surface area (Å²) >= 11 is 5.94. The Morgan fingerprint density at radius 3 is 2.50 bits per heavy atom. The van der Waals surface area contributed by atoms with E-state index in [9.17, 15) is 0 Å². The first-order valence-electron chi connectivity index (χ1n) is 6.25. The third-order valence-electron chi connectivity index (χ3n) is 3.38. The Kier molecular flexibility index (Phi) is 2.54. The van der Waals surface area contributed by atoms with Gasteiger partial charge < -0.3 is 9.47 Å². The largest absolute Gasteiger partial charge is 0.454 e. The van der Waals surface area contributed by atoms with Gasteiger partial charge in [0.2, 0.25) is 6.79 Å². The van der Waals surface area contributed by atoms with Gasteiger partial charge in [-0.1, -0.05) is 23.7 Å². The lowest BCUT2D eigenvalue weighted by molar-refractivity contribution is 0.174. The fourth-order valence-corrected chi connectivity index (χ4v) is 2.53. The molecule has 0 spiro atoms. The van der Waals surface area contributed by atoms with Crippen LogP contribution in [0.25, 0.3) is 22.0 Å². The van der Waals surface area contributed by atoms with Crippen molar-refractivity contribution in [1.29, 1.82) is 0 Å². The number of fused-ring (bicyclic) bond motifs is 2. The SMILES string of the molecule is Clc1ccc(-c2nccc3cc4c(cc23)OCO4)cc1. The van der Waals surface area contributed by atoms with Gasteiger partial charge in [-0.2, -0.15) is 0 Å². The van der Waals surface area contributed by atoms with Gasteiger partial charge in [-0.25, -0.2) is 0 Å². The summed E-state index contributed by atoms with van der Waals surface area (Å²) in [4.78, 5) is 4.49. The molecule has 0 N–H and O–H groups in total. The minimum atomic E-state index is 0.273. The van der Waals surface area contributed by atoms with Crippen LogP contribution in [0.4, 0.5) is 0 Å². The van der Waals surface area contributed by atoms with Crippen LogP contribution in [0.15, 0.2) is 48.7 Å². The van der Waals surface area contributed by atoms with Crippen LogP contribution in [0.2, 0.25) is 5.02 Å². The summed E-state index contributed by atoms with van der Waals surface area (Å²) < 4.78 is 10.9. The van der Waals surface area contributed by atoms with Crippen LogP contribution in [0, 0.1) is 0 Å². The maximum absolute atomic E-state index is 5.94. The lowest BCUT2D eigenvalue weighted by Gasteiger charge is -2.07. The van der Waals surface area contributed by atoms with E-state index in [1.54, 1.807) is 6.20 Å². The molecule has 0 aliphatic carbocycles. The topological polar surface area (TPSA) is 31.4 Å². The molecule has 0 saturated carbocycles. The molecule has 1 aliphatic rings. The van der Waals surface area contributed by atoms with Gasteiger partial charge in [-0.3, -0.25) is 4.98 Å². The van der Waals surface area contributed by atoms with E-state index in [1.165, 1.54) is 0 Å². The van der Waals surface area contributed by atoms with Crippen LogP contribution in [-0.4, -0.2) is 11.8 Å². The zero-order chi connectivity index (χ0) is 13.5. The van der Waals surface area contributed by atoms with Gasteiger partial charge in [0.25, 0.3) is 0 Å². The molecule has 3 nitrogen and oxygen atoms in total. The first-order chi connectivity index (χ1) is 9.81. The van der Waals surface area contributed by atoms with Crippen molar-refractivity contribution in [2.45, 2.75) is 0 Å². The molecule has 1 aliphatic heterocycles. The van der Waals surface area contributed by atoms with Gasteiger partial charge in [-0.05, 0) is 35.7 Å². The standard InChI is InChI=1S/C16H10ClNO2/c17-12-3-1-10(2-4-12)16-13-8-15-14(19-9-20-15)7-11(13)5-6-18-16/h1-8H,9H2. The molecule has 3 aromatic rings. The number of benzene rings is 2. The summed E-state index contributed by atoms with van der Waals surface area (Å²) in [5.74, 6) is 1.55. The Balaban J connectivity index is 1.97. The normalized spacial score (nSPS) is 12.8. The van der Waals surface area contributed by atoms with Crippen molar-refractivity contribution in [1.82, 2.24) is 4.98 Å². The predicted octanol–water partition coefficient (Wildman–Crippen LogP) is 4.28. The molecule has 4 rings (SSSR count). The van der Waals surface area contributed by atoms with Crippen LogP contribution in [0.1, 0.15) is 0 Å². The highest BCUT2D eigenvalue weighted by molar-refractivity contribution is 6.30. The van der Waals surface area contributed by atoms with E-state index in [0.717, 1.165) is 33.5 Å². The second-order valence-electron chi connectivity index (χ2n) is 4.59. The number of hydrogen-bond donors (Lipinski definition) is 0. The average molecular weight is 284 g/mol. The minimum Gasteiger partial charge on any atom is -0.454 e. The quantitative estimate of drug-likeness (QED) is 0.668. The van der Waals surface area contributed by atoms with Crippen molar-refractivity contribution in [3.63, 3.8) is 0 Å². The first kappa shape index (κ1) is 11.6. The van der Waals surface area contributed by atoms with E-state index < -0.39 is 0 Å². The molecule has 2 heterocycles. The Morgan fingerprint density at radius 1 is 0.950 bits per heavy atom.